The normalized spacial score (nSPS) is 20.3. The molecule has 0 saturated carbocycles. The molecule has 0 radical (unpaired) electrons. The molecular formula is C21H25NO3. The van der Waals surface area contributed by atoms with Crippen LogP contribution in [0.25, 0.3) is 0 Å². The topological polar surface area (TPSA) is 49.8 Å². The number of likely N-dealkylation sites (tertiary alicyclic amines) is 1. The van der Waals surface area contributed by atoms with Crippen molar-refractivity contribution in [1.29, 1.82) is 0 Å². The van der Waals surface area contributed by atoms with Crippen molar-refractivity contribution in [2.75, 3.05) is 19.7 Å². The quantitative estimate of drug-likeness (QED) is 0.880. The third kappa shape index (κ3) is 5.07. The predicted octanol–water partition coefficient (Wildman–Crippen LogP) is 2.91. The highest BCUT2D eigenvalue weighted by atomic mass is 16.5. The fourth-order valence-corrected chi connectivity index (χ4v) is 3.29. The average molecular weight is 339 g/mol. The van der Waals surface area contributed by atoms with E-state index in [-0.39, 0.29) is 17.9 Å². The number of hydrogen-bond donors (Lipinski definition) is 1. The second-order valence-electron chi connectivity index (χ2n) is 6.56. The van der Waals surface area contributed by atoms with E-state index in [1.54, 1.807) is 0 Å². The van der Waals surface area contributed by atoms with Crippen molar-refractivity contribution in [2.24, 2.45) is 5.92 Å². The Kier molecular flexibility index (Phi) is 6.07. The maximum Gasteiger partial charge on any atom is 0.226 e. The predicted molar refractivity (Wildman–Crippen MR) is 97.4 cm³/mol. The van der Waals surface area contributed by atoms with E-state index in [2.05, 4.69) is 12.1 Å². The monoisotopic (exact) mass is 339 g/mol. The highest BCUT2D eigenvalue weighted by Gasteiger charge is 2.30. The summed E-state index contributed by atoms with van der Waals surface area (Å²) >= 11 is 0. The zero-order chi connectivity index (χ0) is 17.5. The lowest BCUT2D eigenvalue weighted by atomic mass is 9.88. The fourth-order valence-electron chi connectivity index (χ4n) is 3.29. The number of nitrogens with zero attached hydrogens (tertiary/aromatic N) is 1. The van der Waals surface area contributed by atoms with E-state index in [0.29, 0.717) is 32.5 Å². The molecule has 2 aromatic rings. The molecule has 2 atom stereocenters. The Labute approximate surface area is 149 Å². The van der Waals surface area contributed by atoms with E-state index < -0.39 is 0 Å². The summed E-state index contributed by atoms with van der Waals surface area (Å²) in [5.41, 5.74) is 1.20. The smallest absolute Gasteiger partial charge is 0.226 e. The standard InChI is InChI=1S/C21H25NO3/c23-20-11-13-22(16-18(20)15-17-7-3-1-4-8-17)21(24)12-14-25-19-9-5-2-6-10-19/h1-10,18,20,23H,11-16H2/t18-,20-/m1/s1. The molecule has 1 aliphatic rings. The Balaban J connectivity index is 1.49. The Bertz CT molecular complexity index is 659. The zero-order valence-corrected chi connectivity index (χ0v) is 14.4. The average Bonchev–Trinajstić information content (AvgIpc) is 2.65. The molecule has 1 aliphatic heterocycles. The molecule has 0 unspecified atom stereocenters. The Hall–Kier alpha value is -2.33. The molecule has 4 nitrogen and oxygen atoms in total. The molecule has 0 aromatic heterocycles. The van der Waals surface area contributed by atoms with Crippen LogP contribution in [-0.4, -0.2) is 41.7 Å². The molecule has 1 saturated heterocycles. The first-order chi connectivity index (χ1) is 12.2. The molecule has 0 spiro atoms. The summed E-state index contributed by atoms with van der Waals surface area (Å²) in [6.45, 7) is 1.61. The van der Waals surface area contributed by atoms with Crippen LogP contribution in [0.1, 0.15) is 18.4 Å². The minimum Gasteiger partial charge on any atom is -0.493 e. The first kappa shape index (κ1) is 17.5. The number of aliphatic hydroxyl groups excluding tert-OH is 1. The number of aliphatic hydroxyl groups is 1. The molecular weight excluding hydrogens is 314 g/mol. The number of rotatable bonds is 6. The zero-order valence-electron chi connectivity index (χ0n) is 14.4. The summed E-state index contributed by atoms with van der Waals surface area (Å²) in [7, 11) is 0. The Morgan fingerprint density at radius 3 is 2.48 bits per heavy atom. The SMILES string of the molecule is O=C(CCOc1ccccc1)N1CC[C@@H](O)[C@H](Cc2ccccc2)C1. The van der Waals surface area contributed by atoms with Gasteiger partial charge in [0.05, 0.1) is 19.1 Å². The fraction of sp³-hybridized carbons (Fsp3) is 0.381. The number of para-hydroxylation sites is 1. The van der Waals surface area contributed by atoms with Gasteiger partial charge in [-0.1, -0.05) is 48.5 Å². The lowest BCUT2D eigenvalue weighted by Crippen LogP contribution is -2.47. The van der Waals surface area contributed by atoms with Crippen LogP contribution in [0.15, 0.2) is 60.7 Å². The third-order valence-electron chi connectivity index (χ3n) is 4.72. The van der Waals surface area contributed by atoms with Crippen molar-refractivity contribution in [3.05, 3.63) is 66.2 Å². The van der Waals surface area contributed by atoms with Crippen LogP contribution < -0.4 is 4.74 Å². The summed E-state index contributed by atoms with van der Waals surface area (Å²) in [6.07, 6.45) is 1.46. The largest absolute Gasteiger partial charge is 0.493 e. The number of ether oxygens (including phenoxy) is 1. The van der Waals surface area contributed by atoms with E-state index in [1.165, 1.54) is 5.56 Å². The van der Waals surface area contributed by atoms with Crippen LogP contribution in [0, 0.1) is 5.92 Å². The molecule has 1 heterocycles. The molecule has 25 heavy (non-hydrogen) atoms. The minimum atomic E-state index is -0.343. The highest BCUT2D eigenvalue weighted by Crippen LogP contribution is 2.22. The molecule has 1 amide bonds. The van der Waals surface area contributed by atoms with Crippen molar-refractivity contribution in [2.45, 2.75) is 25.4 Å². The van der Waals surface area contributed by atoms with E-state index in [9.17, 15) is 9.90 Å². The number of hydrogen-bond acceptors (Lipinski definition) is 3. The first-order valence-corrected chi connectivity index (χ1v) is 8.90. The minimum absolute atomic E-state index is 0.0927. The molecule has 0 bridgehead atoms. The van der Waals surface area contributed by atoms with E-state index >= 15 is 0 Å². The second kappa shape index (κ2) is 8.67. The van der Waals surface area contributed by atoms with Gasteiger partial charge in [0, 0.05) is 19.0 Å². The maximum absolute atomic E-state index is 12.5. The van der Waals surface area contributed by atoms with Crippen LogP contribution in [-0.2, 0) is 11.2 Å². The molecule has 3 rings (SSSR count). The van der Waals surface area contributed by atoms with Gasteiger partial charge in [-0.15, -0.1) is 0 Å². The van der Waals surface area contributed by atoms with Crippen molar-refractivity contribution in [3.8, 4) is 5.75 Å². The van der Waals surface area contributed by atoms with Gasteiger partial charge in [-0.05, 0) is 30.5 Å². The molecule has 132 valence electrons. The molecule has 1 fully saturated rings. The van der Waals surface area contributed by atoms with Crippen LogP contribution in [0.5, 0.6) is 5.75 Å². The number of benzene rings is 2. The van der Waals surface area contributed by atoms with Gasteiger partial charge >= 0.3 is 0 Å². The van der Waals surface area contributed by atoms with Gasteiger partial charge < -0.3 is 14.7 Å². The van der Waals surface area contributed by atoms with Crippen LogP contribution in [0.2, 0.25) is 0 Å². The van der Waals surface area contributed by atoms with Crippen molar-refractivity contribution < 1.29 is 14.6 Å². The van der Waals surface area contributed by atoms with E-state index in [0.717, 1.165) is 12.2 Å². The lowest BCUT2D eigenvalue weighted by molar-refractivity contribution is -0.135. The molecule has 4 heteroatoms. The van der Waals surface area contributed by atoms with Crippen molar-refractivity contribution in [3.63, 3.8) is 0 Å². The number of amides is 1. The summed E-state index contributed by atoms with van der Waals surface area (Å²) in [5, 5.41) is 10.3. The van der Waals surface area contributed by atoms with Gasteiger partial charge in [0.1, 0.15) is 5.75 Å². The molecule has 2 aromatic carbocycles. The van der Waals surface area contributed by atoms with E-state index in [4.69, 9.17) is 4.74 Å². The van der Waals surface area contributed by atoms with Gasteiger partial charge in [-0.2, -0.15) is 0 Å². The van der Waals surface area contributed by atoms with Crippen molar-refractivity contribution >= 4 is 5.91 Å². The van der Waals surface area contributed by atoms with Gasteiger partial charge in [-0.25, -0.2) is 0 Å². The van der Waals surface area contributed by atoms with Crippen molar-refractivity contribution in [1.82, 2.24) is 4.90 Å². The molecule has 1 N–H and O–H groups in total. The Morgan fingerprint density at radius 2 is 1.76 bits per heavy atom. The Morgan fingerprint density at radius 1 is 1.08 bits per heavy atom. The third-order valence-corrected chi connectivity index (χ3v) is 4.72. The van der Waals surface area contributed by atoms with Crippen LogP contribution in [0.3, 0.4) is 0 Å². The number of carbonyl (C=O) groups excluding carboxylic acids is 1. The number of carbonyl (C=O) groups is 1. The van der Waals surface area contributed by atoms with Gasteiger partial charge in [0.2, 0.25) is 5.91 Å². The summed E-state index contributed by atoms with van der Waals surface area (Å²) < 4.78 is 5.61. The van der Waals surface area contributed by atoms with Crippen LogP contribution >= 0.6 is 0 Å². The van der Waals surface area contributed by atoms with Crippen LogP contribution in [0.4, 0.5) is 0 Å². The van der Waals surface area contributed by atoms with Gasteiger partial charge in [0.15, 0.2) is 0 Å². The first-order valence-electron chi connectivity index (χ1n) is 8.90. The summed E-state index contributed by atoms with van der Waals surface area (Å²) in [5.74, 6) is 0.974. The second-order valence-corrected chi connectivity index (χ2v) is 6.56. The van der Waals surface area contributed by atoms with Gasteiger partial charge in [-0.3, -0.25) is 4.79 Å². The van der Waals surface area contributed by atoms with Gasteiger partial charge in [0.25, 0.3) is 0 Å². The summed E-state index contributed by atoms with van der Waals surface area (Å²) in [6, 6.07) is 19.7. The maximum atomic E-state index is 12.5. The van der Waals surface area contributed by atoms with E-state index in [1.807, 2.05) is 53.4 Å². The molecule has 0 aliphatic carbocycles. The lowest BCUT2D eigenvalue weighted by Gasteiger charge is -2.36. The number of piperidine rings is 1. The highest BCUT2D eigenvalue weighted by molar-refractivity contribution is 5.76. The summed E-state index contributed by atoms with van der Waals surface area (Å²) in [4.78, 5) is 14.3.